The van der Waals surface area contributed by atoms with E-state index >= 15 is 0 Å². The molecule has 0 spiro atoms. The number of nitrogens with zero attached hydrogens (tertiary/aromatic N) is 1. The van der Waals surface area contributed by atoms with Crippen LogP contribution in [-0.4, -0.2) is 10.1 Å². The molecule has 96 valence electrons. The summed E-state index contributed by atoms with van der Waals surface area (Å²) in [7, 11) is 0. The standard InChI is InChI=1S/C15H13NO3/c1-7-8(2)14(18)9(3)15-13(7)16-11-5-4-10(17)6-12(11)19-15/h4-6,17H,1-3H3. The van der Waals surface area contributed by atoms with Crippen LogP contribution >= 0.6 is 0 Å². The molecule has 4 nitrogen and oxygen atoms in total. The first-order valence-electron chi connectivity index (χ1n) is 6.02. The number of hydrogen-bond acceptors (Lipinski definition) is 4. The average molecular weight is 255 g/mol. The van der Waals surface area contributed by atoms with Gasteiger partial charge in [0, 0.05) is 17.2 Å². The molecule has 1 aliphatic heterocycles. The summed E-state index contributed by atoms with van der Waals surface area (Å²) in [6.45, 7) is 5.40. The molecular formula is C15H13NO3. The summed E-state index contributed by atoms with van der Waals surface area (Å²) in [5, 5.41) is 9.48. The van der Waals surface area contributed by atoms with Crippen molar-refractivity contribution in [3.05, 3.63) is 45.1 Å². The summed E-state index contributed by atoms with van der Waals surface area (Å²) in [4.78, 5) is 16.6. The van der Waals surface area contributed by atoms with E-state index in [-0.39, 0.29) is 11.2 Å². The monoisotopic (exact) mass is 255 g/mol. The highest BCUT2D eigenvalue weighted by atomic mass is 16.3. The fraction of sp³-hybridized carbons (Fsp3) is 0.200. The number of rotatable bonds is 0. The Bertz CT molecular complexity index is 833. The maximum absolute atomic E-state index is 12.1. The molecule has 0 radical (unpaired) electrons. The Hall–Kier alpha value is -2.36. The predicted molar refractivity (Wildman–Crippen MR) is 72.8 cm³/mol. The summed E-state index contributed by atoms with van der Waals surface area (Å²) < 4.78 is 5.75. The Morgan fingerprint density at radius 3 is 2.58 bits per heavy atom. The fourth-order valence-corrected chi connectivity index (χ4v) is 2.25. The van der Waals surface area contributed by atoms with Crippen LogP contribution in [0.5, 0.6) is 5.75 Å². The molecule has 0 unspecified atom stereocenters. The van der Waals surface area contributed by atoms with E-state index in [0.717, 1.165) is 5.56 Å². The van der Waals surface area contributed by atoms with Gasteiger partial charge in [0.25, 0.3) is 0 Å². The first-order valence-corrected chi connectivity index (χ1v) is 6.02. The molecule has 0 aromatic heterocycles. The molecule has 0 saturated heterocycles. The van der Waals surface area contributed by atoms with Crippen LogP contribution in [0.15, 0.2) is 27.4 Å². The van der Waals surface area contributed by atoms with E-state index in [4.69, 9.17) is 4.42 Å². The van der Waals surface area contributed by atoms with Gasteiger partial charge in [0.05, 0.1) is 0 Å². The summed E-state index contributed by atoms with van der Waals surface area (Å²) in [6, 6.07) is 4.76. The maximum Gasteiger partial charge on any atom is 0.188 e. The summed E-state index contributed by atoms with van der Waals surface area (Å²) in [5.74, 6) is 0.604. The highest BCUT2D eigenvalue weighted by molar-refractivity contribution is 5.79. The lowest BCUT2D eigenvalue weighted by molar-refractivity contribution is 0.474. The van der Waals surface area contributed by atoms with Gasteiger partial charge < -0.3 is 9.52 Å². The first-order chi connectivity index (χ1) is 8.99. The van der Waals surface area contributed by atoms with Crippen LogP contribution < -0.4 is 5.43 Å². The Morgan fingerprint density at radius 1 is 1.11 bits per heavy atom. The molecule has 0 saturated carbocycles. The number of phenols is 1. The number of aromatic hydroxyl groups is 1. The van der Waals surface area contributed by atoms with Gasteiger partial charge in [0.15, 0.2) is 16.8 Å². The summed E-state index contributed by atoms with van der Waals surface area (Å²) in [6.07, 6.45) is 0. The summed E-state index contributed by atoms with van der Waals surface area (Å²) in [5.41, 5.74) is 3.90. The molecule has 1 N–H and O–H groups in total. The van der Waals surface area contributed by atoms with Crippen molar-refractivity contribution in [2.45, 2.75) is 20.8 Å². The van der Waals surface area contributed by atoms with E-state index < -0.39 is 0 Å². The lowest BCUT2D eigenvalue weighted by Crippen LogP contribution is -2.14. The minimum absolute atomic E-state index is 0.0185. The Labute approximate surface area is 109 Å². The molecule has 3 rings (SSSR count). The van der Waals surface area contributed by atoms with Crippen molar-refractivity contribution in [2.75, 3.05) is 0 Å². The van der Waals surface area contributed by atoms with Gasteiger partial charge in [-0.15, -0.1) is 0 Å². The third kappa shape index (κ3) is 1.60. The number of fused-ring (bicyclic) bond motifs is 2. The smallest absolute Gasteiger partial charge is 0.188 e. The van der Waals surface area contributed by atoms with Crippen molar-refractivity contribution in [3.8, 4) is 17.2 Å². The van der Waals surface area contributed by atoms with Gasteiger partial charge in [-0.2, -0.15) is 0 Å². The Morgan fingerprint density at radius 2 is 1.84 bits per heavy atom. The number of phenolic OH excluding ortho intramolecular Hbond substituents is 1. The van der Waals surface area contributed by atoms with Crippen LogP contribution in [-0.2, 0) is 0 Å². The van der Waals surface area contributed by atoms with E-state index in [1.54, 1.807) is 26.0 Å². The Balaban J connectivity index is 2.55. The van der Waals surface area contributed by atoms with E-state index in [9.17, 15) is 9.90 Å². The second-order valence-electron chi connectivity index (χ2n) is 4.75. The Kier molecular flexibility index (Phi) is 2.35. The maximum atomic E-state index is 12.1. The quantitative estimate of drug-likeness (QED) is 0.627. The highest BCUT2D eigenvalue weighted by Crippen LogP contribution is 2.31. The van der Waals surface area contributed by atoms with Gasteiger partial charge in [-0.25, -0.2) is 4.98 Å². The SMILES string of the molecule is Cc1c2nc3ccc(O)cc3oc-2c(C)c(=O)c1C. The largest absolute Gasteiger partial charge is 0.508 e. The van der Waals surface area contributed by atoms with Gasteiger partial charge in [-0.3, -0.25) is 4.79 Å². The molecule has 1 aliphatic carbocycles. The van der Waals surface area contributed by atoms with Crippen molar-refractivity contribution < 1.29 is 9.52 Å². The van der Waals surface area contributed by atoms with Crippen molar-refractivity contribution in [2.24, 2.45) is 0 Å². The van der Waals surface area contributed by atoms with Gasteiger partial charge in [0.2, 0.25) is 0 Å². The number of hydrogen-bond donors (Lipinski definition) is 1. The average Bonchev–Trinajstić information content (AvgIpc) is 2.41. The molecule has 0 fully saturated rings. The van der Waals surface area contributed by atoms with Crippen LogP contribution in [0.3, 0.4) is 0 Å². The highest BCUT2D eigenvalue weighted by Gasteiger charge is 2.19. The molecule has 2 aliphatic rings. The van der Waals surface area contributed by atoms with Crippen molar-refractivity contribution in [1.82, 2.24) is 4.98 Å². The third-order valence-corrected chi connectivity index (χ3v) is 3.54. The lowest BCUT2D eigenvalue weighted by atomic mass is 9.99. The van der Waals surface area contributed by atoms with E-state index in [2.05, 4.69) is 4.98 Å². The van der Waals surface area contributed by atoms with Crippen LogP contribution in [0.4, 0.5) is 0 Å². The molecule has 0 amide bonds. The summed E-state index contributed by atoms with van der Waals surface area (Å²) >= 11 is 0. The van der Waals surface area contributed by atoms with E-state index in [1.165, 1.54) is 6.07 Å². The molecule has 0 atom stereocenters. The zero-order chi connectivity index (χ0) is 13.7. The molecular weight excluding hydrogens is 242 g/mol. The molecule has 1 aromatic rings. The minimum Gasteiger partial charge on any atom is -0.508 e. The number of benzene rings is 2. The van der Waals surface area contributed by atoms with Crippen molar-refractivity contribution in [3.63, 3.8) is 0 Å². The van der Waals surface area contributed by atoms with E-state index in [0.29, 0.717) is 33.7 Å². The second kappa shape index (κ2) is 3.82. The molecule has 19 heavy (non-hydrogen) atoms. The van der Waals surface area contributed by atoms with Crippen molar-refractivity contribution in [1.29, 1.82) is 0 Å². The zero-order valence-electron chi connectivity index (χ0n) is 10.9. The van der Waals surface area contributed by atoms with Gasteiger partial charge >= 0.3 is 0 Å². The van der Waals surface area contributed by atoms with Crippen LogP contribution in [0, 0.1) is 20.8 Å². The van der Waals surface area contributed by atoms with Crippen LogP contribution in [0.25, 0.3) is 22.6 Å². The molecule has 1 aromatic carbocycles. The van der Waals surface area contributed by atoms with Crippen LogP contribution in [0.2, 0.25) is 0 Å². The van der Waals surface area contributed by atoms with Crippen LogP contribution in [0.1, 0.15) is 16.7 Å². The van der Waals surface area contributed by atoms with E-state index in [1.807, 2.05) is 6.92 Å². The topological polar surface area (TPSA) is 63.3 Å². The third-order valence-electron chi connectivity index (χ3n) is 3.54. The fourth-order valence-electron chi connectivity index (χ4n) is 2.25. The predicted octanol–water partition coefficient (Wildman–Crippen LogP) is 2.92. The molecule has 0 bridgehead atoms. The molecule has 4 heteroatoms. The lowest BCUT2D eigenvalue weighted by Gasteiger charge is -2.13. The van der Waals surface area contributed by atoms with Gasteiger partial charge in [-0.05, 0) is 38.5 Å². The van der Waals surface area contributed by atoms with Gasteiger partial charge in [0.1, 0.15) is 17.0 Å². The van der Waals surface area contributed by atoms with Gasteiger partial charge in [-0.1, -0.05) is 0 Å². The second-order valence-corrected chi connectivity index (χ2v) is 4.75. The normalized spacial score (nSPS) is 11.3. The van der Waals surface area contributed by atoms with Crippen molar-refractivity contribution >= 4 is 11.1 Å². The minimum atomic E-state index is -0.0185. The molecule has 1 heterocycles. The number of aromatic nitrogens is 1. The first kappa shape index (κ1) is 11.7. The zero-order valence-corrected chi connectivity index (χ0v) is 10.9.